The quantitative estimate of drug-likeness (QED) is 0.288. The summed E-state index contributed by atoms with van der Waals surface area (Å²) in [5, 5.41) is -0.398. The standard InChI is InChI=1S/C23H18F7NO3/c1-12-9-16(21(24,22(25,26)27)23(28,29)30)10-17-18(12)31-14(3)13(2)19(17)34-20(32)33-11-15-7-5-4-6-8-15/h4-10H,11H2,1-3H3. The lowest BCUT2D eigenvalue weighted by molar-refractivity contribution is -0.348. The zero-order valence-electron chi connectivity index (χ0n) is 18.1. The molecule has 0 bridgehead atoms. The van der Waals surface area contributed by atoms with Gasteiger partial charge in [-0.2, -0.15) is 26.3 Å². The normalized spacial score (nSPS) is 12.6. The van der Waals surface area contributed by atoms with E-state index in [0.717, 1.165) is 0 Å². The minimum atomic E-state index is -6.30. The maximum absolute atomic E-state index is 14.7. The molecule has 0 amide bonds. The fourth-order valence-electron chi connectivity index (χ4n) is 3.37. The summed E-state index contributed by atoms with van der Waals surface area (Å²) in [5.41, 5.74) is -6.51. The largest absolute Gasteiger partial charge is 0.514 e. The van der Waals surface area contributed by atoms with Crippen molar-refractivity contribution in [3.63, 3.8) is 0 Å². The minimum Gasteiger partial charge on any atom is -0.429 e. The number of hydrogen-bond acceptors (Lipinski definition) is 4. The molecule has 34 heavy (non-hydrogen) atoms. The van der Waals surface area contributed by atoms with Crippen LogP contribution in [0.1, 0.15) is 27.9 Å². The summed E-state index contributed by atoms with van der Waals surface area (Å²) in [6.45, 7) is 3.90. The van der Waals surface area contributed by atoms with Gasteiger partial charge in [0.25, 0.3) is 0 Å². The monoisotopic (exact) mass is 489 g/mol. The first kappa shape index (κ1) is 25.3. The van der Waals surface area contributed by atoms with Crippen molar-refractivity contribution in [3.8, 4) is 5.75 Å². The van der Waals surface area contributed by atoms with Crippen LogP contribution in [0.2, 0.25) is 0 Å². The van der Waals surface area contributed by atoms with Crippen molar-refractivity contribution in [1.82, 2.24) is 4.98 Å². The Bertz CT molecular complexity index is 1210. The number of nitrogens with zero attached hydrogens (tertiary/aromatic N) is 1. The molecule has 182 valence electrons. The van der Waals surface area contributed by atoms with Gasteiger partial charge in [-0.25, -0.2) is 9.18 Å². The Balaban J connectivity index is 2.12. The predicted octanol–water partition coefficient (Wildman–Crippen LogP) is 7.17. The lowest BCUT2D eigenvalue weighted by Crippen LogP contribution is -2.50. The van der Waals surface area contributed by atoms with Crippen LogP contribution in [0.15, 0.2) is 42.5 Å². The van der Waals surface area contributed by atoms with E-state index in [0.29, 0.717) is 23.4 Å². The highest BCUT2D eigenvalue weighted by atomic mass is 19.4. The maximum atomic E-state index is 14.7. The molecule has 1 aromatic heterocycles. The van der Waals surface area contributed by atoms with E-state index in [1.807, 2.05) is 0 Å². The third kappa shape index (κ3) is 4.51. The first-order chi connectivity index (χ1) is 15.7. The molecule has 4 nitrogen and oxygen atoms in total. The van der Waals surface area contributed by atoms with Crippen molar-refractivity contribution in [1.29, 1.82) is 0 Å². The zero-order chi connectivity index (χ0) is 25.5. The number of aromatic nitrogens is 1. The van der Waals surface area contributed by atoms with E-state index in [1.165, 1.54) is 20.8 Å². The Morgan fingerprint density at radius 2 is 1.50 bits per heavy atom. The van der Waals surface area contributed by atoms with E-state index in [4.69, 9.17) is 9.47 Å². The highest BCUT2D eigenvalue weighted by Crippen LogP contribution is 2.54. The molecule has 0 atom stereocenters. The van der Waals surface area contributed by atoms with Crippen LogP contribution in [-0.2, 0) is 17.0 Å². The fraction of sp³-hybridized carbons (Fsp3) is 0.304. The Hall–Kier alpha value is -3.37. The van der Waals surface area contributed by atoms with Crippen molar-refractivity contribution < 1.29 is 45.0 Å². The van der Waals surface area contributed by atoms with Gasteiger partial charge < -0.3 is 9.47 Å². The smallest absolute Gasteiger partial charge is 0.429 e. The number of rotatable bonds is 4. The molecule has 0 aliphatic rings. The maximum Gasteiger partial charge on any atom is 0.514 e. The number of carbonyl (C=O) groups excluding carboxylic acids is 1. The summed E-state index contributed by atoms with van der Waals surface area (Å²) in [6.07, 6.45) is -13.8. The first-order valence-corrected chi connectivity index (χ1v) is 9.79. The third-order valence-corrected chi connectivity index (χ3v) is 5.27. The Morgan fingerprint density at radius 3 is 2.06 bits per heavy atom. The van der Waals surface area contributed by atoms with Gasteiger partial charge in [-0.15, -0.1) is 0 Å². The van der Waals surface area contributed by atoms with Crippen molar-refractivity contribution in [2.45, 2.75) is 45.4 Å². The second-order valence-electron chi connectivity index (χ2n) is 7.62. The van der Waals surface area contributed by atoms with E-state index in [9.17, 15) is 35.5 Å². The molecule has 0 saturated heterocycles. The van der Waals surface area contributed by atoms with E-state index in [2.05, 4.69) is 4.98 Å². The third-order valence-electron chi connectivity index (χ3n) is 5.27. The summed E-state index contributed by atoms with van der Waals surface area (Å²) in [4.78, 5) is 16.4. The minimum absolute atomic E-state index is 0.0515. The average Bonchev–Trinajstić information content (AvgIpc) is 2.74. The molecular weight excluding hydrogens is 471 g/mol. The van der Waals surface area contributed by atoms with Crippen LogP contribution < -0.4 is 4.74 Å². The van der Waals surface area contributed by atoms with Gasteiger partial charge in [-0.3, -0.25) is 4.98 Å². The predicted molar refractivity (Wildman–Crippen MR) is 108 cm³/mol. The molecule has 0 aliphatic heterocycles. The van der Waals surface area contributed by atoms with Crippen LogP contribution in [0.25, 0.3) is 10.9 Å². The number of ether oxygens (including phenoxy) is 2. The molecule has 0 aliphatic carbocycles. The lowest BCUT2D eigenvalue weighted by atomic mass is 9.90. The molecule has 0 radical (unpaired) electrons. The number of hydrogen-bond donors (Lipinski definition) is 0. The zero-order valence-corrected chi connectivity index (χ0v) is 18.1. The average molecular weight is 489 g/mol. The molecule has 2 aromatic carbocycles. The number of carbonyl (C=O) groups is 1. The van der Waals surface area contributed by atoms with Gasteiger partial charge in [-0.05, 0) is 44.0 Å². The van der Waals surface area contributed by atoms with Crippen LogP contribution >= 0.6 is 0 Å². The first-order valence-electron chi connectivity index (χ1n) is 9.79. The summed E-state index contributed by atoms with van der Waals surface area (Å²) in [5.74, 6) is -0.378. The van der Waals surface area contributed by atoms with Crippen LogP contribution in [0.4, 0.5) is 35.5 Å². The topological polar surface area (TPSA) is 48.4 Å². The van der Waals surface area contributed by atoms with Gasteiger partial charge in [0.15, 0.2) is 0 Å². The Morgan fingerprint density at radius 1 is 0.912 bits per heavy atom. The number of aryl methyl sites for hydroxylation is 2. The highest BCUT2D eigenvalue weighted by molar-refractivity contribution is 5.91. The van der Waals surface area contributed by atoms with Gasteiger partial charge >= 0.3 is 24.2 Å². The van der Waals surface area contributed by atoms with E-state index >= 15 is 0 Å². The van der Waals surface area contributed by atoms with Gasteiger partial charge in [0.2, 0.25) is 0 Å². The Labute approximate surface area is 189 Å². The van der Waals surface area contributed by atoms with Crippen LogP contribution in [0.5, 0.6) is 5.75 Å². The molecular formula is C23H18F7NO3. The molecule has 0 unspecified atom stereocenters. The Kier molecular flexibility index (Phi) is 6.51. The van der Waals surface area contributed by atoms with Gasteiger partial charge in [-0.1, -0.05) is 30.3 Å². The van der Waals surface area contributed by atoms with E-state index < -0.39 is 35.1 Å². The molecule has 3 rings (SSSR count). The second-order valence-corrected chi connectivity index (χ2v) is 7.62. The molecule has 1 heterocycles. The van der Waals surface area contributed by atoms with Gasteiger partial charge in [0.1, 0.15) is 12.4 Å². The number of pyridine rings is 1. The molecule has 0 saturated carbocycles. The lowest BCUT2D eigenvalue weighted by Gasteiger charge is -2.31. The van der Waals surface area contributed by atoms with Crippen LogP contribution in [0, 0.1) is 20.8 Å². The summed E-state index contributed by atoms with van der Waals surface area (Å²) < 4.78 is 105. The van der Waals surface area contributed by atoms with Crippen LogP contribution in [-0.4, -0.2) is 23.5 Å². The summed E-state index contributed by atoms with van der Waals surface area (Å²) in [6, 6.07) is 9.24. The molecule has 11 heteroatoms. The highest BCUT2D eigenvalue weighted by Gasteiger charge is 2.73. The van der Waals surface area contributed by atoms with Crippen LogP contribution in [0.3, 0.4) is 0 Å². The second kappa shape index (κ2) is 8.77. The molecule has 0 fully saturated rings. The summed E-state index contributed by atoms with van der Waals surface area (Å²) in [7, 11) is 0. The van der Waals surface area contributed by atoms with E-state index in [-0.39, 0.29) is 29.0 Å². The number of benzene rings is 2. The van der Waals surface area contributed by atoms with Gasteiger partial charge in [0, 0.05) is 22.2 Å². The number of fused-ring (bicyclic) bond motifs is 1. The molecule has 0 N–H and O–H groups in total. The number of halogens is 7. The van der Waals surface area contributed by atoms with Gasteiger partial charge in [0.05, 0.1) is 5.52 Å². The van der Waals surface area contributed by atoms with Crippen molar-refractivity contribution >= 4 is 17.1 Å². The molecule has 3 aromatic rings. The van der Waals surface area contributed by atoms with E-state index in [1.54, 1.807) is 30.3 Å². The van der Waals surface area contributed by atoms with Crippen molar-refractivity contribution in [2.75, 3.05) is 0 Å². The molecule has 0 spiro atoms. The fourth-order valence-corrected chi connectivity index (χ4v) is 3.37. The number of alkyl halides is 7. The van der Waals surface area contributed by atoms with Crippen molar-refractivity contribution in [2.24, 2.45) is 0 Å². The SMILES string of the molecule is Cc1nc2c(C)cc(C(F)(C(F)(F)F)C(F)(F)F)cc2c(OC(=O)OCc2ccccc2)c1C. The summed E-state index contributed by atoms with van der Waals surface area (Å²) >= 11 is 0. The van der Waals surface area contributed by atoms with Crippen molar-refractivity contribution in [3.05, 3.63) is 70.4 Å².